The number of carbonyl (C=O) groups excluding carboxylic acids is 3. The van der Waals surface area contributed by atoms with Crippen LogP contribution >= 0.6 is 0 Å². The van der Waals surface area contributed by atoms with Gasteiger partial charge in [-0.1, -0.05) is 6.92 Å². The standard InChI is InChI=1S/C24H30N2O7/c1-3-19(29)26(11-13-4-5-13)17-10-16(24(31)25-6-7-27)20-15-8-14(12-28)9-18(32-2)22(15)33-23(20)21(17)30/h8-10,12-13,17,20-21,23,27,30H,3-7,11H2,1-2H3,(H,25,31). The monoisotopic (exact) mass is 458 g/mol. The number of aliphatic hydroxyl groups excluding tert-OH is 2. The molecule has 4 rings (SSSR count). The van der Waals surface area contributed by atoms with E-state index in [-0.39, 0.29) is 25.5 Å². The predicted molar refractivity (Wildman–Crippen MR) is 118 cm³/mol. The van der Waals surface area contributed by atoms with Gasteiger partial charge in [-0.05, 0) is 37.0 Å². The number of methoxy groups -OCH3 is 1. The van der Waals surface area contributed by atoms with Crippen molar-refractivity contribution < 1.29 is 34.1 Å². The fraction of sp³-hybridized carbons (Fsp3) is 0.542. The molecule has 3 N–H and O–H groups in total. The van der Waals surface area contributed by atoms with Crippen LogP contribution in [0.2, 0.25) is 0 Å². The van der Waals surface area contributed by atoms with Gasteiger partial charge in [0, 0.05) is 36.2 Å². The first-order chi connectivity index (χ1) is 15.9. The lowest BCUT2D eigenvalue weighted by molar-refractivity contribution is -0.137. The van der Waals surface area contributed by atoms with Crippen LogP contribution in [0.15, 0.2) is 23.8 Å². The molecule has 3 aliphatic rings. The number of nitrogens with zero attached hydrogens (tertiary/aromatic N) is 1. The number of fused-ring (bicyclic) bond motifs is 3. The van der Waals surface area contributed by atoms with Crippen LogP contribution in [0.3, 0.4) is 0 Å². The van der Waals surface area contributed by atoms with Crippen LogP contribution in [-0.4, -0.2) is 78.3 Å². The number of benzene rings is 1. The van der Waals surface area contributed by atoms with Crippen molar-refractivity contribution in [3.8, 4) is 11.5 Å². The molecule has 1 fully saturated rings. The van der Waals surface area contributed by atoms with Gasteiger partial charge in [0.2, 0.25) is 11.8 Å². The number of rotatable bonds is 9. The largest absolute Gasteiger partial charge is 0.493 e. The van der Waals surface area contributed by atoms with Gasteiger partial charge in [-0.2, -0.15) is 0 Å². The Morgan fingerprint density at radius 3 is 2.70 bits per heavy atom. The summed E-state index contributed by atoms with van der Waals surface area (Å²) in [7, 11) is 1.46. The van der Waals surface area contributed by atoms with Crippen molar-refractivity contribution in [1.29, 1.82) is 0 Å². The van der Waals surface area contributed by atoms with Gasteiger partial charge in [-0.25, -0.2) is 0 Å². The highest BCUT2D eigenvalue weighted by Crippen LogP contribution is 2.51. The quantitative estimate of drug-likeness (QED) is 0.467. The van der Waals surface area contributed by atoms with Gasteiger partial charge in [0.1, 0.15) is 18.5 Å². The zero-order valence-corrected chi connectivity index (χ0v) is 18.8. The maximum absolute atomic E-state index is 13.1. The summed E-state index contributed by atoms with van der Waals surface area (Å²) in [5.74, 6) is -0.0810. The highest BCUT2D eigenvalue weighted by molar-refractivity contribution is 5.96. The van der Waals surface area contributed by atoms with E-state index in [2.05, 4.69) is 5.32 Å². The van der Waals surface area contributed by atoms with Gasteiger partial charge >= 0.3 is 0 Å². The van der Waals surface area contributed by atoms with Gasteiger partial charge in [-0.3, -0.25) is 14.4 Å². The molecular formula is C24H30N2O7. The summed E-state index contributed by atoms with van der Waals surface area (Å²) in [5, 5.41) is 23.2. The Morgan fingerprint density at radius 1 is 1.33 bits per heavy atom. The third kappa shape index (κ3) is 4.35. The first kappa shape index (κ1) is 23.3. The smallest absolute Gasteiger partial charge is 0.247 e. The predicted octanol–water partition coefficient (Wildman–Crippen LogP) is 0.779. The molecule has 33 heavy (non-hydrogen) atoms. The van der Waals surface area contributed by atoms with Crippen molar-refractivity contribution in [2.24, 2.45) is 5.92 Å². The second kappa shape index (κ2) is 9.52. The molecule has 2 amide bonds. The Hall–Kier alpha value is -2.91. The summed E-state index contributed by atoms with van der Waals surface area (Å²) in [6.07, 6.45) is 2.74. The Labute approximate surface area is 192 Å². The summed E-state index contributed by atoms with van der Waals surface area (Å²) in [5.41, 5.74) is 1.26. The molecule has 0 saturated heterocycles. The fourth-order valence-corrected chi connectivity index (χ4v) is 4.73. The average molecular weight is 459 g/mol. The number of hydrogen-bond donors (Lipinski definition) is 3. The Balaban J connectivity index is 1.80. The number of hydrogen-bond acceptors (Lipinski definition) is 7. The molecule has 9 heteroatoms. The van der Waals surface area contributed by atoms with Crippen LogP contribution in [0.4, 0.5) is 0 Å². The van der Waals surface area contributed by atoms with E-state index in [0.717, 1.165) is 12.8 Å². The fourth-order valence-electron chi connectivity index (χ4n) is 4.73. The Morgan fingerprint density at radius 2 is 2.09 bits per heavy atom. The molecule has 2 aliphatic carbocycles. The molecule has 1 saturated carbocycles. The van der Waals surface area contributed by atoms with E-state index in [9.17, 15) is 24.6 Å². The number of aldehydes is 1. The SMILES string of the molecule is CCC(=O)N(CC1CC1)C1C=C(C(=O)NCCO)C2c3cc(C=O)cc(OC)c3OC2C1O. The van der Waals surface area contributed by atoms with E-state index in [1.807, 2.05) is 0 Å². The summed E-state index contributed by atoms with van der Waals surface area (Å²) < 4.78 is 11.6. The van der Waals surface area contributed by atoms with Crippen molar-refractivity contribution in [2.75, 3.05) is 26.8 Å². The van der Waals surface area contributed by atoms with Crippen LogP contribution < -0.4 is 14.8 Å². The van der Waals surface area contributed by atoms with Gasteiger partial charge in [-0.15, -0.1) is 0 Å². The summed E-state index contributed by atoms with van der Waals surface area (Å²) in [6, 6.07) is 2.44. The molecule has 0 aromatic heterocycles. The van der Waals surface area contributed by atoms with E-state index >= 15 is 0 Å². The number of amides is 2. The van der Waals surface area contributed by atoms with Crippen LogP contribution in [-0.2, 0) is 9.59 Å². The number of carbonyl (C=O) groups is 3. The van der Waals surface area contributed by atoms with E-state index in [1.54, 1.807) is 30.0 Å². The maximum atomic E-state index is 13.1. The lowest BCUT2D eigenvalue weighted by Crippen LogP contribution is -2.56. The number of ether oxygens (including phenoxy) is 2. The van der Waals surface area contributed by atoms with E-state index in [0.29, 0.717) is 46.9 Å². The molecule has 4 unspecified atom stereocenters. The molecular weight excluding hydrogens is 428 g/mol. The topological polar surface area (TPSA) is 125 Å². The molecule has 4 atom stereocenters. The zero-order chi connectivity index (χ0) is 23.7. The molecule has 1 heterocycles. The average Bonchev–Trinajstić information content (AvgIpc) is 3.57. The third-order valence-electron chi connectivity index (χ3n) is 6.55. The number of nitrogens with one attached hydrogen (secondary N) is 1. The lowest BCUT2D eigenvalue weighted by atomic mass is 9.77. The first-order valence-corrected chi connectivity index (χ1v) is 11.4. The molecule has 1 aromatic carbocycles. The number of aliphatic hydroxyl groups is 2. The van der Waals surface area contributed by atoms with Gasteiger partial charge in [0.25, 0.3) is 0 Å². The van der Waals surface area contributed by atoms with Gasteiger partial charge in [0.05, 0.1) is 25.7 Å². The maximum Gasteiger partial charge on any atom is 0.247 e. The van der Waals surface area contributed by atoms with Crippen molar-refractivity contribution in [3.05, 3.63) is 34.9 Å². The minimum absolute atomic E-state index is 0.0614. The Bertz CT molecular complexity index is 972. The third-order valence-corrected chi connectivity index (χ3v) is 6.55. The van der Waals surface area contributed by atoms with Crippen molar-refractivity contribution >= 4 is 18.1 Å². The Kier molecular flexibility index (Phi) is 6.71. The van der Waals surface area contributed by atoms with Crippen LogP contribution in [0.5, 0.6) is 11.5 Å². The van der Waals surface area contributed by atoms with Crippen LogP contribution in [0.1, 0.15) is 48.0 Å². The van der Waals surface area contributed by atoms with E-state index in [4.69, 9.17) is 9.47 Å². The highest BCUT2D eigenvalue weighted by Gasteiger charge is 2.51. The van der Waals surface area contributed by atoms with Crippen molar-refractivity contribution in [2.45, 2.75) is 50.4 Å². The van der Waals surface area contributed by atoms with Crippen molar-refractivity contribution in [1.82, 2.24) is 10.2 Å². The van der Waals surface area contributed by atoms with E-state index < -0.39 is 30.1 Å². The molecule has 1 aliphatic heterocycles. The van der Waals surface area contributed by atoms with Gasteiger partial charge < -0.3 is 29.9 Å². The highest BCUT2D eigenvalue weighted by atomic mass is 16.5. The summed E-state index contributed by atoms with van der Waals surface area (Å²) in [6.45, 7) is 2.12. The van der Waals surface area contributed by atoms with Crippen LogP contribution in [0, 0.1) is 5.92 Å². The minimum Gasteiger partial charge on any atom is -0.493 e. The zero-order valence-electron chi connectivity index (χ0n) is 18.8. The molecule has 1 aromatic rings. The molecule has 9 nitrogen and oxygen atoms in total. The first-order valence-electron chi connectivity index (χ1n) is 11.4. The molecule has 178 valence electrons. The molecule has 0 bridgehead atoms. The summed E-state index contributed by atoms with van der Waals surface area (Å²) in [4.78, 5) is 39.1. The second-order valence-electron chi connectivity index (χ2n) is 8.75. The normalized spacial score (nSPS) is 25.3. The molecule has 0 radical (unpaired) electrons. The summed E-state index contributed by atoms with van der Waals surface area (Å²) >= 11 is 0. The van der Waals surface area contributed by atoms with Crippen molar-refractivity contribution in [3.63, 3.8) is 0 Å². The van der Waals surface area contributed by atoms with Gasteiger partial charge in [0.15, 0.2) is 11.5 Å². The van der Waals surface area contributed by atoms with E-state index in [1.165, 1.54) is 7.11 Å². The minimum atomic E-state index is -1.09. The lowest BCUT2D eigenvalue weighted by Gasteiger charge is -2.40. The second-order valence-corrected chi connectivity index (χ2v) is 8.75. The molecule has 0 spiro atoms. The van der Waals surface area contributed by atoms with Crippen LogP contribution in [0.25, 0.3) is 0 Å².